The highest BCUT2D eigenvalue weighted by molar-refractivity contribution is 5.81. The zero-order valence-electron chi connectivity index (χ0n) is 17.9. The van der Waals surface area contributed by atoms with Gasteiger partial charge in [0.1, 0.15) is 37.9 Å². The number of hydrogen-bond acceptors (Lipinski definition) is 7. The van der Waals surface area contributed by atoms with Crippen LogP contribution in [0.3, 0.4) is 0 Å². The minimum atomic E-state index is -0.537. The zero-order valence-corrected chi connectivity index (χ0v) is 17.9. The summed E-state index contributed by atoms with van der Waals surface area (Å²) in [5.74, 6) is 0.360. The first-order chi connectivity index (χ1) is 15.5. The zero-order chi connectivity index (χ0) is 23.2. The monoisotopic (exact) mass is 440 g/mol. The summed E-state index contributed by atoms with van der Waals surface area (Å²) >= 11 is 0. The maximum atomic E-state index is 11.0. The first kappa shape index (κ1) is 24.7. The lowest BCUT2D eigenvalue weighted by Gasteiger charge is -2.12. The van der Waals surface area contributed by atoms with Crippen LogP contribution in [0.15, 0.2) is 73.8 Å². The topological polar surface area (TPSA) is 91.3 Å². The van der Waals surface area contributed by atoms with Crippen molar-refractivity contribution in [2.45, 2.75) is 18.9 Å². The molecule has 32 heavy (non-hydrogen) atoms. The van der Waals surface area contributed by atoms with Gasteiger partial charge < -0.3 is 24.1 Å². The van der Waals surface area contributed by atoms with Crippen LogP contribution in [0.4, 0.5) is 0 Å². The smallest absolute Gasteiger partial charge is 0.330 e. The number of carbonyl (C=O) groups is 2. The average molecular weight is 440 g/mol. The molecule has 0 aliphatic rings. The maximum absolute atomic E-state index is 11.0. The van der Waals surface area contributed by atoms with E-state index >= 15 is 0 Å². The van der Waals surface area contributed by atoms with Crippen molar-refractivity contribution in [1.29, 1.82) is 0 Å². The Labute approximate surface area is 187 Å². The van der Waals surface area contributed by atoms with Gasteiger partial charge in [-0.1, -0.05) is 37.4 Å². The molecule has 0 aromatic heterocycles. The maximum Gasteiger partial charge on any atom is 0.330 e. The highest BCUT2D eigenvalue weighted by Crippen LogP contribution is 2.17. The van der Waals surface area contributed by atoms with Crippen LogP contribution in [-0.2, 0) is 31.9 Å². The van der Waals surface area contributed by atoms with Gasteiger partial charge in [0.15, 0.2) is 0 Å². The van der Waals surface area contributed by atoms with Crippen LogP contribution in [0, 0.1) is 0 Å². The van der Waals surface area contributed by atoms with Gasteiger partial charge in [0, 0.05) is 12.2 Å². The van der Waals surface area contributed by atoms with Crippen molar-refractivity contribution >= 4 is 11.9 Å². The van der Waals surface area contributed by atoms with E-state index in [1.54, 1.807) is 0 Å². The van der Waals surface area contributed by atoms with Gasteiger partial charge in [-0.05, 0) is 48.2 Å². The van der Waals surface area contributed by atoms with Crippen molar-refractivity contribution < 1.29 is 33.6 Å². The van der Waals surface area contributed by atoms with Crippen molar-refractivity contribution in [3.05, 3.63) is 85.0 Å². The third kappa shape index (κ3) is 9.49. The molecule has 0 bridgehead atoms. The summed E-state index contributed by atoms with van der Waals surface area (Å²) in [4.78, 5) is 21.9. The van der Waals surface area contributed by atoms with Crippen LogP contribution < -0.4 is 9.47 Å². The predicted molar refractivity (Wildman–Crippen MR) is 120 cm³/mol. The van der Waals surface area contributed by atoms with E-state index in [9.17, 15) is 14.7 Å². The molecule has 0 aliphatic heterocycles. The van der Waals surface area contributed by atoms with Gasteiger partial charge in [-0.2, -0.15) is 0 Å². The van der Waals surface area contributed by atoms with Crippen LogP contribution in [0.2, 0.25) is 0 Å². The molecule has 7 nitrogen and oxygen atoms in total. The molecule has 0 saturated carbocycles. The van der Waals surface area contributed by atoms with E-state index in [4.69, 9.17) is 18.9 Å². The second kappa shape index (κ2) is 13.7. The Morgan fingerprint density at radius 3 is 1.44 bits per heavy atom. The molecule has 1 N–H and O–H groups in total. The molecule has 2 aromatic rings. The second-order valence-corrected chi connectivity index (χ2v) is 6.79. The number of esters is 2. The Kier molecular flexibility index (Phi) is 10.5. The SMILES string of the molecule is C=CC(=O)OCCOc1ccc(CC(O)Cc2ccc(OCCOC(=O)C=C)cc2)cc1. The number of ether oxygens (including phenoxy) is 4. The molecule has 0 saturated heterocycles. The predicted octanol–water partition coefficient (Wildman–Crippen LogP) is 3.05. The minimum Gasteiger partial charge on any atom is -0.490 e. The molecule has 0 radical (unpaired) electrons. The van der Waals surface area contributed by atoms with Crippen molar-refractivity contribution in [2.24, 2.45) is 0 Å². The van der Waals surface area contributed by atoms with E-state index in [0.717, 1.165) is 23.3 Å². The fourth-order valence-electron chi connectivity index (χ4n) is 2.78. The van der Waals surface area contributed by atoms with Gasteiger partial charge in [-0.15, -0.1) is 0 Å². The molecule has 7 heteroatoms. The average Bonchev–Trinajstić information content (AvgIpc) is 2.81. The van der Waals surface area contributed by atoms with E-state index in [2.05, 4.69) is 13.2 Å². The lowest BCUT2D eigenvalue weighted by atomic mass is 10.0. The third-order valence-electron chi connectivity index (χ3n) is 4.32. The van der Waals surface area contributed by atoms with E-state index in [1.165, 1.54) is 0 Å². The number of carbonyl (C=O) groups excluding carboxylic acids is 2. The van der Waals surface area contributed by atoms with Gasteiger partial charge in [0.2, 0.25) is 0 Å². The van der Waals surface area contributed by atoms with Gasteiger partial charge in [0.25, 0.3) is 0 Å². The lowest BCUT2D eigenvalue weighted by Crippen LogP contribution is -2.14. The number of hydrogen-bond donors (Lipinski definition) is 1. The Bertz CT molecular complexity index is 799. The second-order valence-electron chi connectivity index (χ2n) is 6.79. The minimum absolute atomic E-state index is 0.151. The highest BCUT2D eigenvalue weighted by Gasteiger charge is 2.08. The van der Waals surface area contributed by atoms with Crippen molar-refractivity contribution in [2.75, 3.05) is 26.4 Å². The normalized spacial score (nSPS) is 10.3. The molecule has 0 fully saturated rings. The fourth-order valence-corrected chi connectivity index (χ4v) is 2.78. The van der Waals surface area contributed by atoms with Crippen molar-refractivity contribution in [3.8, 4) is 11.5 Å². The summed E-state index contributed by atoms with van der Waals surface area (Å²) in [6, 6.07) is 14.8. The first-order valence-corrected chi connectivity index (χ1v) is 10.2. The van der Waals surface area contributed by atoms with Gasteiger partial charge in [-0.3, -0.25) is 0 Å². The molecule has 0 spiro atoms. The molecule has 0 aliphatic carbocycles. The molecule has 0 unspecified atom stereocenters. The van der Waals surface area contributed by atoms with Crippen molar-refractivity contribution in [1.82, 2.24) is 0 Å². The molecule has 0 atom stereocenters. The summed E-state index contributed by atoms with van der Waals surface area (Å²) in [6.45, 7) is 7.45. The number of aliphatic hydroxyl groups excluding tert-OH is 1. The Morgan fingerprint density at radius 2 is 1.09 bits per heavy atom. The van der Waals surface area contributed by atoms with Gasteiger partial charge in [0.05, 0.1) is 6.10 Å². The van der Waals surface area contributed by atoms with E-state index < -0.39 is 18.0 Å². The van der Waals surface area contributed by atoms with Crippen LogP contribution in [0.1, 0.15) is 11.1 Å². The Balaban J connectivity index is 1.70. The van der Waals surface area contributed by atoms with E-state index in [1.807, 2.05) is 48.5 Å². The summed E-state index contributed by atoms with van der Waals surface area (Å²) in [6.07, 6.45) is 2.68. The Hall–Kier alpha value is -3.58. The van der Waals surface area contributed by atoms with E-state index in [-0.39, 0.29) is 26.4 Å². The summed E-state index contributed by atoms with van der Waals surface area (Å²) in [5.41, 5.74) is 1.97. The van der Waals surface area contributed by atoms with Gasteiger partial charge >= 0.3 is 11.9 Å². The number of aliphatic hydroxyl groups is 1. The number of rotatable bonds is 14. The number of benzene rings is 2. The fraction of sp³-hybridized carbons (Fsp3) is 0.280. The van der Waals surface area contributed by atoms with Crippen LogP contribution >= 0.6 is 0 Å². The van der Waals surface area contributed by atoms with Crippen molar-refractivity contribution in [3.63, 3.8) is 0 Å². The summed E-state index contributed by atoms with van der Waals surface area (Å²) in [7, 11) is 0. The van der Waals surface area contributed by atoms with Crippen LogP contribution in [-0.4, -0.2) is 49.6 Å². The molecular weight excluding hydrogens is 412 g/mol. The largest absolute Gasteiger partial charge is 0.490 e. The molecular formula is C25H28O7. The lowest BCUT2D eigenvalue weighted by molar-refractivity contribution is -0.139. The first-order valence-electron chi connectivity index (χ1n) is 10.2. The summed E-state index contributed by atoms with van der Waals surface area (Å²) < 4.78 is 20.7. The Morgan fingerprint density at radius 1 is 0.719 bits per heavy atom. The molecule has 2 rings (SSSR count). The van der Waals surface area contributed by atoms with Crippen LogP contribution in [0.25, 0.3) is 0 Å². The molecule has 2 aromatic carbocycles. The third-order valence-corrected chi connectivity index (χ3v) is 4.32. The van der Waals surface area contributed by atoms with Gasteiger partial charge in [-0.25, -0.2) is 9.59 Å². The highest BCUT2D eigenvalue weighted by atomic mass is 16.6. The van der Waals surface area contributed by atoms with Crippen LogP contribution in [0.5, 0.6) is 11.5 Å². The summed E-state index contributed by atoms with van der Waals surface area (Å²) in [5, 5.41) is 10.4. The van der Waals surface area contributed by atoms with E-state index in [0.29, 0.717) is 24.3 Å². The molecule has 0 heterocycles. The molecule has 170 valence electrons. The molecule has 0 amide bonds. The quantitative estimate of drug-likeness (QED) is 0.274. The standard InChI is InChI=1S/C25H28O7/c1-3-24(27)31-15-13-29-22-9-5-19(6-10-22)17-21(26)18-20-7-11-23(12-8-20)30-14-16-32-25(28)4-2/h3-12,21,26H,1-2,13-18H2.